The summed E-state index contributed by atoms with van der Waals surface area (Å²) in [6, 6.07) is 16.3. The van der Waals surface area contributed by atoms with Crippen molar-refractivity contribution in [2.45, 2.75) is 32.3 Å². The standard InChI is InChI=1S/C10H15N.C8H8O3/c1-3-8(2)9-6-4-5-7-10(9)11;9-7(8(10)11)6-4-2-1-3-5-6/h4-8H,3,11H2,1-2H3;1-5,7,9H,(H,10,11)/t;7-/m.0/s1. The van der Waals surface area contributed by atoms with Crippen LogP contribution in [-0.4, -0.2) is 16.2 Å². The van der Waals surface area contributed by atoms with Crippen LogP contribution < -0.4 is 5.73 Å². The minimum absolute atomic E-state index is 0.403. The molecule has 22 heavy (non-hydrogen) atoms. The SMILES string of the molecule is CCC(C)c1ccccc1N.O=C(O)[C@@H](O)c1ccccc1. The van der Waals surface area contributed by atoms with Gasteiger partial charge in [-0.25, -0.2) is 4.79 Å². The summed E-state index contributed by atoms with van der Waals surface area (Å²) in [5, 5.41) is 17.4. The molecule has 2 aromatic carbocycles. The molecule has 0 amide bonds. The molecule has 0 aliphatic rings. The van der Waals surface area contributed by atoms with E-state index in [-0.39, 0.29) is 0 Å². The molecule has 2 atom stereocenters. The van der Waals surface area contributed by atoms with Crippen molar-refractivity contribution in [3.05, 3.63) is 65.7 Å². The van der Waals surface area contributed by atoms with Gasteiger partial charge in [-0.05, 0) is 29.5 Å². The summed E-state index contributed by atoms with van der Waals surface area (Å²) in [5.41, 5.74) is 8.39. The maximum atomic E-state index is 10.2. The number of aliphatic hydroxyl groups excluding tert-OH is 1. The summed E-state index contributed by atoms with van der Waals surface area (Å²) in [4.78, 5) is 10.2. The number of carboxylic acids is 1. The van der Waals surface area contributed by atoms with Gasteiger partial charge in [-0.15, -0.1) is 0 Å². The zero-order valence-electron chi connectivity index (χ0n) is 12.9. The van der Waals surface area contributed by atoms with Gasteiger partial charge in [0.15, 0.2) is 6.10 Å². The molecule has 0 aliphatic heterocycles. The predicted molar refractivity (Wildman–Crippen MR) is 88.6 cm³/mol. The highest BCUT2D eigenvalue weighted by molar-refractivity contribution is 5.73. The summed E-state index contributed by atoms with van der Waals surface area (Å²) < 4.78 is 0. The molecule has 0 radical (unpaired) electrons. The Morgan fingerprint density at radius 2 is 1.64 bits per heavy atom. The number of rotatable bonds is 4. The van der Waals surface area contributed by atoms with Crippen molar-refractivity contribution in [3.63, 3.8) is 0 Å². The number of carboxylic acid groups (broad SMARTS) is 1. The number of hydrogen-bond acceptors (Lipinski definition) is 3. The van der Waals surface area contributed by atoms with E-state index in [0.29, 0.717) is 11.5 Å². The zero-order valence-corrected chi connectivity index (χ0v) is 12.9. The van der Waals surface area contributed by atoms with E-state index in [1.54, 1.807) is 30.3 Å². The van der Waals surface area contributed by atoms with Gasteiger partial charge in [-0.1, -0.05) is 62.4 Å². The quantitative estimate of drug-likeness (QED) is 0.754. The molecule has 4 heteroatoms. The van der Waals surface area contributed by atoms with Crippen LogP contribution in [0.2, 0.25) is 0 Å². The van der Waals surface area contributed by atoms with E-state index in [4.69, 9.17) is 15.9 Å². The first kappa shape index (κ1) is 17.7. The number of anilines is 1. The summed E-state index contributed by atoms with van der Waals surface area (Å²) in [7, 11) is 0. The van der Waals surface area contributed by atoms with E-state index < -0.39 is 12.1 Å². The highest BCUT2D eigenvalue weighted by atomic mass is 16.4. The Bertz CT molecular complexity index is 584. The lowest BCUT2D eigenvalue weighted by molar-refractivity contribution is -0.146. The number of aliphatic hydroxyl groups is 1. The maximum Gasteiger partial charge on any atom is 0.337 e. The molecule has 0 saturated heterocycles. The molecular formula is C18H23NO3. The molecule has 0 bridgehead atoms. The molecular weight excluding hydrogens is 278 g/mol. The average molecular weight is 301 g/mol. The molecule has 2 aromatic rings. The van der Waals surface area contributed by atoms with Crippen LogP contribution in [-0.2, 0) is 4.79 Å². The van der Waals surface area contributed by atoms with Gasteiger partial charge in [0.1, 0.15) is 0 Å². The molecule has 0 aromatic heterocycles. The normalized spacial score (nSPS) is 12.7. The Balaban J connectivity index is 0.000000220. The molecule has 0 spiro atoms. The Labute approximate surface area is 131 Å². The topological polar surface area (TPSA) is 83.6 Å². The van der Waals surface area contributed by atoms with Crippen molar-refractivity contribution >= 4 is 11.7 Å². The Kier molecular flexibility index (Phi) is 7.13. The van der Waals surface area contributed by atoms with Crippen LogP contribution in [0.5, 0.6) is 0 Å². The van der Waals surface area contributed by atoms with E-state index in [9.17, 15) is 4.79 Å². The van der Waals surface area contributed by atoms with E-state index in [1.807, 2.05) is 18.2 Å². The number of nitrogens with two attached hydrogens (primary N) is 1. The summed E-state index contributed by atoms with van der Waals surface area (Å²) in [5.74, 6) is -0.646. The maximum absolute atomic E-state index is 10.2. The second-order valence-corrected chi connectivity index (χ2v) is 5.09. The van der Waals surface area contributed by atoms with Crippen molar-refractivity contribution in [2.75, 3.05) is 5.73 Å². The fourth-order valence-corrected chi connectivity index (χ4v) is 1.96. The predicted octanol–water partition coefficient (Wildman–Crippen LogP) is 3.59. The van der Waals surface area contributed by atoms with Gasteiger partial charge in [-0.3, -0.25) is 0 Å². The number of nitrogen functional groups attached to an aromatic ring is 1. The molecule has 2 rings (SSSR count). The number of aliphatic carboxylic acids is 1. The van der Waals surface area contributed by atoms with Crippen LogP contribution in [0.3, 0.4) is 0 Å². The fraction of sp³-hybridized carbons (Fsp3) is 0.278. The van der Waals surface area contributed by atoms with Gasteiger partial charge < -0.3 is 15.9 Å². The number of hydrogen-bond donors (Lipinski definition) is 3. The number of carbonyl (C=O) groups is 1. The largest absolute Gasteiger partial charge is 0.479 e. The molecule has 0 heterocycles. The van der Waals surface area contributed by atoms with E-state index in [0.717, 1.165) is 12.1 Å². The van der Waals surface area contributed by atoms with Crippen LogP contribution in [0.25, 0.3) is 0 Å². The lowest BCUT2D eigenvalue weighted by atomic mass is 9.97. The second-order valence-electron chi connectivity index (χ2n) is 5.09. The average Bonchev–Trinajstić information content (AvgIpc) is 2.55. The first-order valence-corrected chi connectivity index (χ1v) is 7.27. The molecule has 1 unspecified atom stereocenters. The summed E-state index contributed by atoms with van der Waals surface area (Å²) >= 11 is 0. The first-order chi connectivity index (χ1) is 10.5. The minimum atomic E-state index is -1.41. The lowest BCUT2D eigenvalue weighted by Gasteiger charge is -2.10. The molecule has 4 nitrogen and oxygen atoms in total. The molecule has 0 saturated carbocycles. The number of para-hydroxylation sites is 1. The molecule has 0 fully saturated rings. The van der Waals surface area contributed by atoms with Crippen LogP contribution >= 0.6 is 0 Å². The number of benzene rings is 2. The van der Waals surface area contributed by atoms with Crippen LogP contribution in [0.4, 0.5) is 5.69 Å². The van der Waals surface area contributed by atoms with Crippen molar-refractivity contribution in [1.82, 2.24) is 0 Å². The van der Waals surface area contributed by atoms with Crippen molar-refractivity contribution in [1.29, 1.82) is 0 Å². The zero-order chi connectivity index (χ0) is 16.5. The van der Waals surface area contributed by atoms with Gasteiger partial charge >= 0.3 is 5.97 Å². The van der Waals surface area contributed by atoms with E-state index in [2.05, 4.69) is 19.9 Å². The monoisotopic (exact) mass is 301 g/mol. The first-order valence-electron chi connectivity index (χ1n) is 7.27. The summed E-state index contributed by atoms with van der Waals surface area (Å²) in [6.45, 7) is 4.38. The second kappa shape index (κ2) is 8.85. The van der Waals surface area contributed by atoms with Gasteiger partial charge in [0.2, 0.25) is 0 Å². The van der Waals surface area contributed by atoms with Crippen molar-refractivity contribution in [3.8, 4) is 0 Å². The fourth-order valence-electron chi connectivity index (χ4n) is 1.96. The van der Waals surface area contributed by atoms with Gasteiger partial charge in [0.25, 0.3) is 0 Å². The minimum Gasteiger partial charge on any atom is -0.479 e. The van der Waals surface area contributed by atoms with Gasteiger partial charge in [0.05, 0.1) is 0 Å². The van der Waals surface area contributed by atoms with Crippen LogP contribution in [0, 0.1) is 0 Å². The Morgan fingerprint density at radius 1 is 1.09 bits per heavy atom. The Morgan fingerprint density at radius 3 is 2.14 bits per heavy atom. The van der Waals surface area contributed by atoms with E-state index in [1.165, 1.54) is 5.56 Å². The van der Waals surface area contributed by atoms with E-state index >= 15 is 0 Å². The van der Waals surface area contributed by atoms with Crippen LogP contribution in [0.15, 0.2) is 54.6 Å². The highest BCUT2D eigenvalue weighted by Crippen LogP contribution is 2.23. The smallest absolute Gasteiger partial charge is 0.337 e. The van der Waals surface area contributed by atoms with Crippen molar-refractivity contribution < 1.29 is 15.0 Å². The molecule has 0 aliphatic carbocycles. The third-order valence-electron chi connectivity index (χ3n) is 3.49. The van der Waals surface area contributed by atoms with Crippen molar-refractivity contribution in [2.24, 2.45) is 0 Å². The molecule has 118 valence electrons. The highest BCUT2D eigenvalue weighted by Gasteiger charge is 2.14. The van der Waals surface area contributed by atoms with Gasteiger partial charge in [0, 0.05) is 5.69 Å². The summed E-state index contributed by atoms with van der Waals surface area (Å²) in [6.07, 6.45) is -0.259. The lowest BCUT2D eigenvalue weighted by Crippen LogP contribution is -2.09. The molecule has 4 N–H and O–H groups in total. The third-order valence-corrected chi connectivity index (χ3v) is 3.49. The van der Waals surface area contributed by atoms with Gasteiger partial charge in [-0.2, -0.15) is 0 Å². The third kappa shape index (κ3) is 5.22. The van der Waals surface area contributed by atoms with Crippen LogP contribution in [0.1, 0.15) is 43.4 Å². The Hall–Kier alpha value is -2.33.